The number of para-hydroxylation sites is 1. The highest BCUT2D eigenvalue weighted by atomic mass is 16.5. The second-order valence-electron chi connectivity index (χ2n) is 4.64. The number of rotatable bonds is 5. The first kappa shape index (κ1) is 15.4. The van der Waals surface area contributed by atoms with Crippen LogP contribution < -0.4 is 21.5 Å². The molecule has 5 N–H and O–H groups in total. The molecule has 6 nitrogen and oxygen atoms in total. The molecule has 0 bridgehead atoms. The Balaban J connectivity index is 2.01. The minimum absolute atomic E-state index is 0.126. The largest absolute Gasteiger partial charge is 0.497 e. The Bertz CT molecular complexity index is 696. The molecule has 0 saturated heterocycles. The molecule has 2 aromatic rings. The summed E-state index contributed by atoms with van der Waals surface area (Å²) in [6.45, 7) is -0.126. The molecule has 0 aliphatic rings. The van der Waals surface area contributed by atoms with Crippen molar-refractivity contribution in [3.63, 3.8) is 0 Å². The number of hydrogen-bond donors (Lipinski definition) is 3. The number of carbonyl (C=O) groups excluding carboxylic acids is 2. The Morgan fingerprint density at radius 2 is 1.77 bits per heavy atom. The van der Waals surface area contributed by atoms with Gasteiger partial charge in [0, 0.05) is 5.56 Å². The maximum atomic E-state index is 12.0. The number of ether oxygens (including phenoxy) is 1. The van der Waals surface area contributed by atoms with Gasteiger partial charge in [-0.05, 0) is 36.4 Å². The van der Waals surface area contributed by atoms with Gasteiger partial charge in [0.1, 0.15) is 5.75 Å². The molecule has 1 amide bonds. The average molecular weight is 299 g/mol. The third-order valence-electron chi connectivity index (χ3n) is 3.21. The molecule has 0 spiro atoms. The van der Waals surface area contributed by atoms with Gasteiger partial charge in [0.05, 0.1) is 30.6 Å². The summed E-state index contributed by atoms with van der Waals surface area (Å²) >= 11 is 0. The van der Waals surface area contributed by atoms with E-state index in [0.717, 1.165) is 0 Å². The molecule has 0 aliphatic carbocycles. The zero-order valence-corrected chi connectivity index (χ0v) is 12.1. The fraction of sp³-hybridized carbons (Fsp3) is 0.125. The molecule has 0 aromatic heterocycles. The smallest absolute Gasteiger partial charge is 0.253 e. The van der Waals surface area contributed by atoms with Crippen LogP contribution in [0.5, 0.6) is 5.75 Å². The zero-order chi connectivity index (χ0) is 16.1. The van der Waals surface area contributed by atoms with E-state index in [4.69, 9.17) is 16.2 Å². The molecule has 0 atom stereocenters. The van der Waals surface area contributed by atoms with E-state index >= 15 is 0 Å². The maximum absolute atomic E-state index is 12.0. The Morgan fingerprint density at radius 3 is 2.41 bits per heavy atom. The van der Waals surface area contributed by atoms with Crippen LogP contribution in [0.2, 0.25) is 0 Å². The van der Waals surface area contributed by atoms with Gasteiger partial charge < -0.3 is 21.5 Å². The molecule has 114 valence electrons. The van der Waals surface area contributed by atoms with Gasteiger partial charge in [0.2, 0.25) is 0 Å². The standard InChI is InChI=1S/C16H17N3O3/c1-22-11-7-5-10(6-8-11)14(20)9-19-16(21)12-3-2-4-13(17)15(12)18/h2-8H,9,17-18H2,1H3,(H,19,21). The number of ketones is 1. The van der Waals surface area contributed by atoms with Crippen LogP contribution in [-0.4, -0.2) is 25.3 Å². The number of hydrogen-bond acceptors (Lipinski definition) is 5. The molecule has 22 heavy (non-hydrogen) atoms. The molecule has 6 heteroatoms. The van der Waals surface area contributed by atoms with Crippen molar-refractivity contribution in [1.82, 2.24) is 5.32 Å². The van der Waals surface area contributed by atoms with Crippen molar-refractivity contribution in [2.24, 2.45) is 0 Å². The second kappa shape index (κ2) is 6.62. The third-order valence-corrected chi connectivity index (χ3v) is 3.21. The van der Waals surface area contributed by atoms with Crippen LogP contribution in [0.3, 0.4) is 0 Å². The molecule has 0 saturated carbocycles. The van der Waals surface area contributed by atoms with Crippen molar-refractivity contribution in [2.75, 3.05) is 25.1 Å². The number of benzene rings is 2. The highest BCUT2D eigenvalue weighted by Crippen LogP contribution is 2.19. The highest BCUT2D eigenvalue weighted by Gasteiger charge is 2.13. The van der Waals surface area contributed by atoms with Crippen molar-refractivity contribution in [3.05, 3.63) is 53.6 Å². The lowest BCUT2D eigenvalue weighted by Gasteiger charge is -2.09. The molecular weight excluding hydrogens is 282 g/mol. The van der Waals surface area contributed by atoms with E-state index < -0.39 is 5.91 Å². The van der Waals surface area contributed by atoms with Crippen LogP contribution >= 0.6 is 0 Å². The normalized spacial score (nSPS) is 10.0. The lowest BCUT2D eigenvalue weighted by molar-refractivity contribution is 0.0904. The van der Waals surface area contributed by atoms with E-state index in [2.05, 4.69) is 5.32 Å². The SMILES string of the molecule is COc1ccc(C(=O)CNC(=O)c2cccc(N)c2N)cc1. The molecular formula is C16H17N3O3. The molecule has 0 radical (unpaired) electrons. The van der Waals surface area contributed by atoms with E-state index in [1.54, 1.807) is 49.6 Å². The van der Waals surface area contributed by atoms with Gasteiger partial charge in [-0.3, -0.25) is 9.59 Å². The average Bonchev–Trinajstić information content (AvgIpc) is 2.55. The van der Waals surface area contributed by atoms with Crippen molar-refractivity contribution < 1.29 is 14.3 Å². The summed E-state index contributed by atoms with van der Waals surface area (Å²) in [5.74, 6) is 0.0123. The van der Waals surface area contributed by atoms with Gasteiger partial charge in [-0.25, -0.2) is 0 Å². The Hall–Kier alpha value is -3.02. The number of amides is 1. The molecule has 2 aromatic carbocycles. The van der Waals surface area contributed by atoms with E-state index in [-0.39, 0.29) is 23.6 Å². The summed E-state index contributed by atoms with van der Waals surface area (Å²) < 4.78 is 5.02. The highest BCUT2D eigenvalue weighted by molar-refractivity contribution is 6.05. The van der Waals surface area contributed by atoms with Crippen LogP contribution in [0.4, 0.5) is 11.4 Å². The fourth-order valence-electron chi connectivity index (χ4n) is 1.92. The van der Waals surface area contributed by atoms with Gasteiger partial charge in [-0.1, -0.05) is 6.07 Å². The summed E-state index contributed by atoms with van der Waals surface area (Å²) in [6.07, 6.45) is 0. The predicted molar refractivity (Wildman–Crippen MR) is 84.9 cm³/mol. The van der Waals surface area contributed by atoms with Gasteiger partial charge in [-0.2, -0.15) is 0 Å². The third kappa shape index (κ3) is 3.35. The molecule has 2 rings (SSSR count). The number of nitrogens with one attached hydrogen (secondary N) is 1. The summed E-state index contributed by atoms with van der Waals surface area (Å²) in [4.78, 5) is 24.1. The van der Waals surface area contributed by atoms with E-state index in [1.807, 2.05) is 0 Å². The van der Waals surface area contributed by atoms with Crippen LogP contribution in [0, 0.1) is 0 Å². The summed E-state index contributed by atoms with van der Waals surface area (Å²) in [5, 5.41) is 2.54. The first-order chi connectivity index (χ1) is 10.5. The van der Waals surface area contributed by atoms with Crippen LogP contribution in [0.25, 0.3) is 0 Å². The summed E-state index contributed by atoms with van der Waals surface area (Å²) in [5.41, 5.74) is 12.7. The maximum Gasteiger partial charge on any atom is 0.253 e. The second-order valence-corrected chi connectivity index (χ2v) is 4.64. The summed E-state index contributed by atoms with van der Waals surface area (Å²) in [6, 6.07) is 11.4. The number of nitrogen functional groups attached to an aromatic ring is 2. The molecule has 0 aliphatic heterocycles. The quantitative estimate of drug-likeness (QED) is 0.572. The summed E-state index contributed by atoms with van der Waals surface area (Å²) in [7, 11) is 1.55. The van der Waals surface area contributed by atoms with E-state index in [0.29, 0.717) is 17.0 Å². The van der Waals surface area contributed by atoms with Crippen molar-refractivity contribution >= 4 is 23.1 Å². The van der Waals surface area contributed by atoms with Crippen LogP contribution in [0.1, 0.15) is 20.7 Å². The monoisotopic (exact) mass is 299 g/mol. The number of carbonyl (C=O) groups is 2. The van der Waals surface area contributed by atoms with Gasteiger partial charge in [0.25, 0.3) is 5.91 Å². The molecule has 0 heterocycles. The minimum atomic E-state index is -0.438. The van der Waals surface area contributed by atoms with Crippen molar-refractivity contribution in [2.45, 2.75) is 0 Å². The zero-order valence-electron chi connectivity index (χ0n) is 12.1. The minimum Gasteiger partial charge on any atom is -0.497 e. The number of Topliss-reactive ketones (excluding diaryl/α,β-unsaturated/α-hetero) is 1. The van der Waals surface area contributed by atoms with Crippen LogP contribution in [0.15, 0.2) is 42.5 Å². The first-order valence-corrected chi connectivity index (χ1v) is 6.62. The van der Waals surface area contributed by atoms with E-state index in [9.17, 15) is 9.59 Å². The predicted octanol–water partition coefficient (Wildman–Crippen LogP) is 1.47. The fourth-order valence-corrected chi connectivity index (χ4v) is 1.92. The topological polar surface area (TPSA) is 107 Å². The van der Waals surface area contributed by atoms with Crippen molar-refractivity contribution in [3.8, 4) is 5.75 Å². The number of methoxy groups -OCH3 is 1. The number of anilines is 2. The lowest BCUT2D eigenvalue weighted by Crippen LogP contribution is -2.30. The van der Waals surface area contributed by atoms with Crippen molar-refractivity contribution in [1.29, 1.82) is 0 Å². The number of nitrogens with two attached hydrogens (primary N) is 2. The van der Waals surface area contributed by atoms with Crippen LogP contribution in [-0.2, 0) is 0 Å². The molecule has 0 fully saturated rings. The van der Waals surface area contributed by atoms with Gasteiger partial charge in [0.15, 0.2) is 5.78 Å². The Labute approximate surface area is 128 Å². The van der Waals surface area contributed by atoms with E-state index in [1.165, 1.54) is 0 Å². The van der Waals surface area contributed by atoms with Gasteiger partial charge in [-0.15, -0.1) is 0 Å². The molecule has 0 unspecified atom stereocenters. The Kier molecular flexibility index (Phi) is 4.63. The lowest BCUT2D eigenvalue weighted by atomic mass is 10.1. The first-order valence-electron chi connectivity index (χ1n) is 6.62. The van der Waals surface area contributed by atoms with Gasteiger partial charge >= 0.3 is 0 Å². The Morgan fingerprint density at radius 1 is 1.09 bits per heavy atom.